The predicted molar refractivity (Wildman–Crippen MR) is 59.4 cm³/mol. The first kappa shape index (κ1) is 14.6. The van der Waals surface area contributed by atoms with Gasteiger partial charge in [0.05, 0.1) is 13.0 Å². The molecule has 0 rings (SSSR count). The van der Waals surface area contributed by atoms with E-state index in [1.165, 1.54) is 0 Å². The maximum absolute atomic E-state index is 10.5. The summed E-state index contributed by atoms with van der Waals surface area (Å²) in [7, 11) is 0. The molecule has 0 aliphatic rings. The second-order valence-corrected chi connectivity index (χ2v) is 3.31. The maximum atomic E-state index is 10.5. The molecule has 0 saturated carbocycles. The molecule has 0 aromatic heterocycles. The Hall–Kier alpha value is -1.40. The van der Waals surface area contributed by atoms with Crippen LogP contribution < -0.4 is 5.32 Å². The van der Waals surface area contributed by atoms with Crippen LogP contribution in [-0.2, 0) is 9.59 Å². The normalized spacial score (nSPS) is 10.3. The zero-order chi connectivity index (χ0) is 12.4. The predicted octanol–water partition coefficient (Wildman–Crippen LogP) is -0.377. The Morgan fingerprint density at radius 1 is 1.25 bits per heavy atom. The van der Waals surface area contributed by atoms with Crippen molar-refractivity contribution in [1.29, 1.82) is 0 Å². The molecule has 0 atom stereocenters. The third kappa shape index (κ3) is 9.17. The molecule has 3 N–H and O–H groups in total. The van der Waals surface area contributed by atoms with E-state index in [9.17, 15) is 9.59 Å². The average molecular weight is 230 g/mol. The fourth-order valence-electron chi connectivity index (χ4n) is 1.16. The van der Waals surface area contributed by atoms with Crippen LogP contribution in [0, 0.1) is 0 Å². The summed E-state index contributed by atoms with van der Waals surface area (Å²) in [6.45, 7) is 5.42. The van der Waals surface area contributed by atoms with E-state index in [0.29, 0.717) is 19.6 Å². The van der Waals surface area contributed by atoms with Gasteiger partial charge >= 0.3 is 11.9 Å². The van der Waals surface area contributed by atoms with Gasteiger partial charge in [0.1, 0.15) is 0 Å². The molecule has 0 saturated heterocycles. The molecule has 0 amide bonds. The molecule has 0 fully saturated rings. The topological polar surface area (TPSA) is 89.9 Å². The summed E-state index contributed by atoms with van der Waals surface area (Å²) >= 11 is 0. The molecule has 0 aromatic carbocycles. The second-order valence-electron chi connectivity index (χ2n) is 3.31. The number of hydrogen-bond acceptors (Lipinski definition) is 4. The number of rotatable bonds is 10. The molecule has 0 unspecified atom stereocenters. The molecule has 0 aliphatic heterocycles. The van der Waals surface area contributed by atoms with Crippen molar-refractivity contribution >= 4 is 11.9 Å². The molecule has 0 bridgehead atoms. The van der Waals surface area contributed by atoms with Gasteiger partial charge < -0.3 is 15.5 Å². The smallest absolute Gasteiger partial charge is 0.317 e. The van der Waals surface area contributed by atoms with Crippen LogP contribution in [-0.4, -0.2) is 59.8 Å². The van der Waals surface area contributed by atoms with Crippen LogP contribution in [0.15, 0.2) is 12.7 Å². The molecule has 0 heterocycles. The minimum Gasteiger partial charge on any atom is -0.481 e. The van der Waals surface area contributed by atoms with Crippen molar-refractivity contribution in [2.24, 2.45) is 0 Å². The Balaban J connectivity index is 3.84. The fraction of sp³-hybridized carbons (Fsp3) is 0.600. The summed E-state index contributed by atoms with van der Waals surface area (Å²) in [4.78, 5) is 22.5. The van der Waals surface area contributed by atoms with Crippen molar-refractivity contribution in [1.82, 2.24) is 10.2 Å². The fourth-order valence-corrected chi connectivity index (χ4v) is 1.16. The van der Waals surface area contributed by atoms with Crippen LogP contribution in [0.4, 0.5) is 0 Å². The molecule has 92 valence electrons. The van der Waals surface area contributed by atoms with Gasteiger partial charge in [-0.2, -0.15) is 0 Å². The Morgan fingerprint density at radius 2 is 1.94 bits per heavy atom. The first-order valence-electron chi connectivity index (χ1n) is 5.03. The van der Waals surface area contributed by atoms with Crippen LogP contribution in [0.1, 0.15) is 6.42 Å². The highest BCUT2D eigenvalue weighted by atomic mass is 16.4. The van der Waals surface area contributed by atoms with Crippen LogP contribution in [0.25, 0.3) is 0 Å². The van der Waals surface area contributed by atoms with E-state index in [2.05, 4.69) is 11.9 Å². The number of carboxylic acid groups (broad SMARTS) is 2. The van der Waals surface area contributed by atoms with Crippen LogP contribution >= 0.6 is 0 Å². The lowest BCUT2D eigenvalue weighted by Gasteiger charge is -2.19. The van der Waals surface area contributed by atoms with E-state index in [-0.39, 0.29) is 19.5 Å². The van der Waals surface area contributed by atoms with E-state index < -0.39 is 11.9 Å². The molecule has 16 heavy (non-hydrogen) atoms. The van der Waals surface area contributed by atoms with E-state index >= 15 is 0 Å². The molecule has 0 aromatic rings. The second kappa shape index (κ2) is 8.87. The standard InChI is InChI=1S/C10H18N2O4/c1-2-4-11-5-7-12(8-10(15)16)6-3-9(13)14/h2,11H,1,3-8H2,(H,13,14)(H,15,16). The highest BCUT2D eigenvalue weighted by Gasteiger charge is 2.10. The first-order chi connectivity index (χ1) is 7.56. The van der Waals surface area contributed by atoms with Gasteiger partial charge in [0, 0.05) is 26.2 Å². The lowest BCUT2D eigenvalue weighted by molar-refractivity contribution is -0.141. The first-order valence-corrected chi connectivity index (χ1v) is 5.03. The Bertz CT molecular complexity index is 243. The molecule has 0 spiro atoms. The number of aliphatic carboxylic acids is 2. The minimum atomic E-state index is -0.950. The van der Waals surface area contributed by atoms with Crippen molar-refractivity contribution in [3.05, 3.63) is 12.7 Å². The number of hydrogen-bond donors (Lipinski definition) is 3. The van der Waals surface area contributed by atoms with E-state index in [4.69, 9.17) is 10.2 Å². The zero-order valence-corrected chi connectivity index (χ0v) is 9.19. The zero-order valence-electron chi connectivity index (χ0n) is 9.19. The molecular formula is C10H18N2O4. The van der Waals surface area contributed by atoms with Gasteiger partial charge in [-0.15, -0.1) is 6.58 Å². The molecule has 0 radical (unpaired) electrons. The van der Waals surface area contributed by atoms with Gasteiger partial charge in [-0.1, -0.05) is 6.08 Å². The summed E-state index contributed by atoms with van der Waals surface area (Å²) in [6.07, 6.45) is 1.66. The van der Waals surface area contributed by atoms with E-state index in [1.807, 2.05) is 0 Å². The highest BCUT2D eigenvalue weighted by Crippen LogP contribution is 1.91. The third-order valence-corrected chi connectivity index (χ3v) is 1.89. The van der Waals surface area contributed by atoms with Crippen molar-refractivity contribution < 1.29 is 19.8 Å². The van der Waals surface area contributed by atoms with Gasteiger partial charge in [-0.25, -0.2) is 0 Å². The van der Waals surface area contributed by atoms with Gasteiger partial charge in [0.25, 0.3) is 0 Å². The molecule has 6 heteroatoms. The summed E-state index contributed by atoms with van der Waals surface area (Å²) < 4.78 is 0. The largest absolute Gasteiger partial charge is 0.481 e. The summed E-state index contributed by atoms with van der Waals surface area (Å²) in [5.74, 6) is -1.87. The van der Waals surface area contributed by atoms with Crippen molar-refractivity contribution in [2.45, 2.75) is 6.42 Å². The molecular weight excluding hydrogens is 212 g/mol. The van der Waals surface area contributed by atoms with Gasteiger partial charge in [-0.3, -0.25) is 14.5 Å². The van der Waals surface area contributed by atoms with Crippen LogP contribution in [0.5, 0.6) is 0 Å². The Kier molecular flexibility index (Phi) is 8.10. The van der Waals surface area contributed by atoms with Gasteiger partial charge in [0.2, 0.25) is 0 Å². The SMILES string of the molecule is C=CCNCCN(CCC(=O)O)CC(=O)O. The third-order valence-electron chi connectivity index (χ3n) is 1.89. The quantitative estimate of drug-likeness (QED) is 0.350. The molecule has 0 aliphatic carbocycles. The van der Waals surface area contributed by atoms with Crippen LogP contribution in [0.2, 0.25) is 0 Å². The monoisotopic (exact) mass is 230 g/mol. The number of carboxylic acids is 2. The number of nitrogens with zero attached hydrogens (tertiary/aromatic N) is 1. The molecule has 6 nitrogen and oxygen atoms in total. The Morgan fingerprint density at radius 3 is 2.44 bits per heavy atom. The maximum Gasteiger partial charge on any atom is 0.317 e. The Labute approximate surface area is 94.6 Å². The minimum absolute atomic E-state index is 0.0469. The average Bonchev–Trinajstić information content (AvgIpc) is 2.19. The van der Waals surface area contributed by atoms with Crippen molar-refractivity contribution in [3.8, 4) is 0 Å². The van der Waals surface area contributed by atoms with Crippen molar-refractivity contribution in [2.75, 3.05) is 32.7 Å². The van der Waals surface area contributed by atoms with Crippen LogP contribution in [0.3, 0.4) is 0 Å². The summed E-state index contributed by atoms with van der Waals surface area (Å²) in [5, 5.41) is 20.2. The summed E-state index contributed by atoms with van der Waals surface area (Å²) in [5.41, 5.74) is 0. The summed E-state index contributed by atoms with van der Waals surface area (Å²) in [6, 6.07) is 0. The number of carbonyl (C=O) groups is 2. The number of nitrogens with one attached hydrogen (secondary N) is 1. The lowest BCUT2D eigenvalue weighted by Crippen LogP contribution is -2.37. The van der Waals surface area contributed by atoms with Gasteiger partial charge in [-0.05, 0) is 0 Å². The van der Waals surface area contributed by atoms with Gasteiger partial charge in [0.15, 0.2) is 0 Å². The van der Waals surface area contributed by atoms with E-state index in [0.717, 1.165) is 0 Å². The van der Waals surface area contributed by atoms with Crippen molar-refractivity contribution in [3.63, 3.8) is 0 Å². The lowest BCUT2D eigenvalue weighted by atomic mass is 10.3. The highest BCUT2D eigenvalue weighted by molar-refractivity contribution is 5.69. The van der Waals surface area contributed by atoms with E-state index in [1.54, 1.807) is 11.0 Å².